The molecule has 1 aliphatic rings. The Labute approximate surface area is 146 Å². The van der Waals surface area contributed by atoms with Gasteiger partial charge in [-0.05, 0) is 23.6 Å². The number of aromatic nitrogens is 2. The Balaban J connectivity index is 1.53. The van der Waals surface area contributed by atoms with E-state index in [1.54, 1.807) is 6.20 Å². The van der Waals surface area contributed by atoms with E-state index in [0.29, 0.717) is 11.9 Å². The molecule has 0 aliphatic carbocycles. The van der Waals surface area contributed by atoms with E-state index in [1.807, 2.05) is 64.2 Å². The van der Waals surface area contributed by atoms with Gasteiger partial charge in [-0.1, -0.05) is 55.5 Å². The van der Waals surface area contributed by atoms with Gasteiger partial charge in [0.05, 0.1) is 6.04 Å². The van der Waals surface area contributed by atoms with E-state index >= 15 is 0 Å². The number of likely N-dealkylation sites (tertiary alicyclic amines) is 1. The molecule has 1 fully saturated rings. The third-order valence-corrected chi connectivity index (χ3v) is 4.66. The summed E-state index contributed by atoms with van der Waals surface area (Å²) in [6, 6.07) is 20.0. The highest BCUT2D eigenvalue weighted by Gasteiger charge is 2.40. The van der Waals surface area contributed by atoms with Crippen LogP contribution in [0.25, 0.3) is 5.69 Å². The van der Waals surface area contributed by atoms with E-state index in [2.05, 4.69) is 29.4 Å². The number of nitrogens with zero attached hydrogens (tertiary/aromatic N) is 3. The van der Waals surface area contributed by atoms with Crippen molar-refractivity contribution in [1.29, 1.82) is 0 Å². The van der Waals surface area contributed by atoms with Crippen molar-refractivity contribution in [2.45, 2.75) is 13.0 Å². The number of nitrogens with one attached hydrogen (secondary N) is 1. The summed E-state index contributed by atoms with van der Waals surface area (Å²) in [5.41, 5.74) is 2.13. The van der Waals surface area contributed by atoms with Crippen molar-refractivity contribution in [2.75, 3.05) is 11.9 Å². The lowest BCUT2D eigenvalue weighted by Gasteiger charge is -2.46. The molecule has 0 saturated carbocycles. The van der Waals surface area contributed by atoms with Gasteiger partial charge < -0.3 is 4.90 Å². The summed E-state index contributed by atoms with van der Waals surface area (Å²) in [7, 11) is 0. The highest BCUT2D eigenvalue weighted by atomic mass is 16.2. The van der Waals surface area contributed by atoms with E-state index in [0.717, 1.165) is 12.2 Å². The molecule has 1 aliphatic heterocycles. The number of para-hydroxylation sites is 1. The van der Waals surface area contributed by atoms with Gasteiger partial charge in [-0.2, -0.15) is 0 Å². The zero-order valence-corrected chi connectivity index (χ0v) is 14.0. The predicted octanol–water partition coefficient (Wildman–Crippen LogP) is 4.10. The second kappa shape index (κ2) is 6.43. The standard InChI is InChI=1S/C20H20N4O/c1-15-14-24(18(15)16-8-4-2-5-9-16)20(25)22-19-21-12-13-23(19)17-10-6-3-7-11-17/h2-13,15,18H,14H2,1H3,(H,21,22,25). The van der Waals surface area contributed by atoms with Crippen molar-refractivity contribution in [3.8, 4) is 5.69 Å². The number of imidazole rings is 1. The highest BCUT2D eigenvalue weighted by Crippen LogP contribution is 2.38. The van der Waals surface area contributed by atoms with Crippen molar-refractivity contribution in [2.24, 2.45) is 5.92 Å². The number of carbonyl (C=O) groups excluding carboxylic acids is 1. The number of benzene rings is 2. The lowest BCUT2D eigenvalue weighted by molar-refractivity contribution is 0.0670. The quantitative estimate of drug-likeness (QED) is 0.785. The number of carbonyl (C=O) groups is 1. The molecule has 1 saturated heterocycles. The van der Waals surface area contributed by atoms with Gasteiger partial charge in [0.15, 0.2) is 0 Å². The molecule has 2 amide bonds. The second-order valence-electron chi connectivity index (χ2n) is 6.37. The van der Waals surface area contributed by atoms with E-state index in [1.165, 1.54) is 5.56 Å². The number of anilines is 1. The zero-order chi connectivity index (χ0) is 17.2. The number of hydrogen-bond acceptors (Lipinski definition) is 2. The topological polar surface area (TPSA) is 50.2 Å². The van der Waals surface area contributed by atoms with Crippen LogP contribution in [0.1, 0.15) is 18.5 Å². The Kier molecular flexibility index (Phi) is 3.98. The van der Waals surface area contributed by atoms with Crippen molar-refractivity contribution < 1.29 is 4.79 Å². The maximum atomic E-state index is 12.8. The van der Waals surface area contributed by atoms with E-state index in [4.69, 9.17) is 0 Å². The number of rotatable bonds is 3. The Morgan fingerprint density at radius 2 is 1.76 bits per heavy atom. The summed E-state index contributed by atoms with van der Waals surface area (Å²) in [6.45, 7) is 2.92. The molecule has 2 unspecified atom stereocenters. The predicted molar refractivity (Wildman–Crippen MR) is 97.6 cm³/mol. The van der Waals surface area contributed by atoms with Gasteiger partial charge in [-0.25, -0.2) is 9.78 Å². The molecular weight excluding hydrogens is 312 g/mol. The molecule has 2 heterocycles. The zero-order valence-electron chi connectivity index (χ0n) is 14.0. The van der Waals surface area contributed by atoms with Crippen LogP contribution in [-0.2, 0) is 0 Å². The Bertz CT molecular complexity index is 860. The molecule has 5 nitrogen and oxygen atoms in total. The summed E-state index contributed by atoms with van der Waals surface area (Å²) in [4.78, 5) is 18.9. The van der Waals surface area contributed by atoms with Gasteiger partial charge in [0.25, 0.3) is 0 Å². The first-order valence-corrected chi connectivity index (χ1v) is 8.45. The normalized spacial score (nSPS) is 19.3. The number of hydrogen-bond donors (Lipinski definition) is 1. The van der Waals surface area contributed by atoms with Crippen molar-refractivity contribution >= 4 is 12.0 Å². The van der Waals surface area contributed by atoms with E-state index < -0.39 is 0 Å². The molecule has 0 bridgehead atoms. The van der Waals surface area contributed by atoms with Gasteiger partial charge in [0.1, 0.15) is 0 Å². The van der Waals surface area contributed by atoms with E-state index in [9.17, 15) is 4.79 Å². The fourth-order valence-corrected chi connectivity index (χ4v) is 3.42. The molecule has 4 rings (SSSR count). The fraction of sp³-hybridized carbons (Fsp3) is 0.200. The van der Waals surface area contributed by atoms with Crippen LogP contribution in [-0.4, -0.2) is 27.0 Å². The smallest absolute Gasteiger partial charge is 0.317 e. The molecule has 25 heavy (non-hydrogen) atoms. The van der Waals surface area contributed by atoms with Gasteiger partial charge in [-0.15, -0.1) is 0 Å². The molecule has 1 N–H and O–H groups in total. The van der Waals surface area contributed by atoms with Crippen LogP contribution >= 0.6 is 0 Å². The summed E-state index contributed by atoms with van der Waals surface area (Å²) >= 11 is 0. The fourth-order valence-electron chi connectivity index (χ4n) is 3.42. The van der Waals surface area contributed by atoms with Crippen LogP contribution in [0.4, 0.5) is 10.7 Å². The van der Waals surface area contributed by atoms with Gasteiger partial charge in [0.2, 0.25) is 5.95 Å². The monoisotopic (exact) mass is 332 g/mol. The van der Waals surface area contributed by atoms with Crippen LogP contribution in [0, 0.1) is 5.92 Å². The van der Waals surface area contributed by atoms with Gasteiger partial charge >= 0.3 is 6.03 Å². The van der Waals surface area contributed by atoms with Crippen LogP contribution in [0.5, 0.6) is 0 Å². The third kappa shape index (κ3) is 2.89. The Hall–Kier alpha value is -3.08. The number of amides is 2. The first-order valence-electron chi connectivity index (χ1n) is 8.45. The lowest BCUT2D eigenvalue weighted by Crippen LogP contribution is -2.53. The molecule has 1 aromatic heterocycles. The van der Waals surface area contributed by atoms with Crippen LogP contribution in [0.2, 0.25) is 0 Å². The van der Waals surface area contributed by atoms with Crippen molar-refractivity contribution in [3.05, 3.63) is 78.6 Å². The summed E-state index contributed by atoms with van der Waals surface area (Å²) in [5.74, 6) is 0.976. The van der Waals surface area contributed by atoms with Gasteiger partial charge in [-0.3, -0.25) is 9.88 Å². The minimum Gasteiger partial charge on any atom is -0.317 e. The largest absolute Gasteiger partial charge is 0.324 e. The van der Waals surface area contributed by atoms with Crippen LogP contribution in [0.3, 0.4) is 0 Å². The van der Waals surface area contributed by atoms with Crippen molar-refractivity contribution in [1.82, 2.24) is 14.5 Å². The van der Waals surface area contributed by atoms with E-state index in [-0.39, 0.29) is 12.1 Å². The first kappa shape index (κ1) is 15.4. The Morgan fingerprint density at radius 3 is 2.44 bits per heavy atom. The first-order chi connectivity index (χ1) is 12.2. The maximum absolute atomic E-state index is 12.8. The summed E-state index contributed by atoms with van der Waals surface area (Å²) in [6.07, 6.45) is 3.54. The lowest BCUT2D eigenvalue weighted by atomic mass is 9.85. The second-order valence-corrected chi connectivity index (χ2v) is 6.37. The third-order valence-electron chi connectivity index (χ3n) is 4.66. The average Bonchev–Trinajstić information content (AvgIpc) is 3.09. The average molecular weight is 332 g/mol. The minimum atomic E-state index is -0.115. The minimum absolute atomic E-state index is 0.112. The molecule has 0 spiro atoms. The number of urea groups is 1. The molecule has 3 aromatic rings. The molecule has 2 atom stereocenters. The summed E-state index contributed by atoms with van der Waals surface area (Å²) in [5, 5.41) is 2.95. The molecule has 126 valence electrons. The molecule has 2 aromatic carbocycles. The maximum Gasteiger partial charge on any atom is 0.324 e. The summed E-state index contributed by atoms with van der Waals surface area (Å²) < 4.78 is 1.87. The van der Waals surface area contributed by atoms with Crippen molar-refractivity contribution in [3.63, 3.8) is 0 Å². The Morgan fingerprint density at radius 1 is 1.08 bits per heavy atom. The SMILES string of the molecule is CC1CN(C(=O)Nc2nccn2-c2ccccc2)C1c1ccccc1. The molecule has 0 radical (unpaired) electrons. The van der Waals surface area contributed by atoms with Gasteiger partial charge in [0, 0.05) is 24.6 Å². The highest BCUT2D eigenvalue weighted by molar-refractivity contribution is 5.89. The van der Waals surface area contributed by atoms with Crippen LogP contribution < -0.4 is 5.32 Å². The van der Waals surface area contributed by atoms with Crippen LogP contribution in [0.15, 0.2) is 73.1 Å². The molecular formula is C20H20N4O. The molecule has 5 heteroatoms.